The summed E-state index contributed by atoms with van der Waals surface area (Å²) in [6.07, 6.45) is -2.56. The van der Waals surface area contributed by atoms with E-state index in [1.54, 1.807) is 14.3 Å². The number of rotatable bonds is 6. The average Bonchev–Trinajstić information content (AvgIpc) is 2.76. The van der Waals surface area contributed by atoms with Crippen LogP contribution >= 0.6 is 0 Å². The number of para-hydroxylation sites is 1. The van der Waals surface area contributed by atoms with Crippen molar-refractivity contribution in [3.05, 3.63) is 82.9 Å². The van der Waals surface area contributed by atoms with E-state index < -0.39 is 11.7 Å². The summed E-state index contributed by atoms with van der Waals surface area (Å²) in [5.74, 6) is 1.29. The Morgan fingerprint density at radius 3 is 1.91 bits per heavy atom. The van der Waals surface area contributed by atoms with Gasteiger partial charge in [0.2, 0.25) is 0 Å². The second kappa shape index (κ2) is 9.64. The summed E-state index contributed by atoms with van der Waals surface area (Å²) in [5.41, 5.74) is 4.95. The third kappa shape index (κ3) is 5.24. The third-order valence-corrected chi connectivity index (χ3v) is 5.45. The molecular weight excluding hydrogens is 410 g/mol. The molecule has 0 bridgehead atoms. The molecule has 0 aliphatic carbocycles. The molecule has 0 fully saturated rings. The maximum absolute atomic E-state index is 12.8. The highest BCUT2D eigenvalue weighted by Crippen LogP contribution is 2.36. The predicted octanol–water partition coefficient (Wildman–Crippen LogP) is 7.30. The summed E-state index contributed by atoms with van der Waals surface area (Å²) in [5, 5.41) is 0. The fourth-order valence-electron chi connectivity index (χ4n) is 3.64. The van der Waals surface area contributed by atoms with Crippen molar-refractivity contribution < 1.29 is 17.8 Å². The Balaban J connectivity index is 1.97. The number of alkyl halides is 3. The first kappa shape index (κ1) is 23.6. The van der Waals surface area contributed by atoms with Gasteiger partial charge in [0.15, 0.2) is 0 Å². The fourth-order valence-corrected chi connectivity index (χ4v) is 3.64. The summed E-state index contributed by atoms with van der Waals surface area (Å²) in [4.78, 5) is 4.84. The van der Waals surface area contributed by atoms with Crippen LogP contribution in [0.1, 0.15) is 61.8 Å². The Morgan fingerprint density at radius 1 is 0.844 bits per heavy atom. The highest BCUT2D eigenvalue weighted by Gasteiger charge is 2.30. The molecule has 0 aliphatic rings. The largest absolute Gasteiger partial charge is 0.567 e. The second-order valence-electron chi connectivity index (χ2n) is 8.38. The van der Waals surface area contributed by atoms with Crippen LogP contribution in [0.25, 0.3) is 11.1 Å². The Hall–Kier alpha value is -3.02. The second-order valence-corrected chi connectivity index (χ2v) is 8.38. The Labute approximate surface area is 188 Å². The topological polar surface area (TPSA) is 21.6 Å². The van der Waals surface area contributed by atoms with Crippen molar-refractivity contribution in [2.75, 3.05) is 0 Å². The number of aliphatic imine (C=N–C) groups is 1. The molecule has 3 aromatic carbocycles. The zero-order valence-electron chi connectivity index (χ0n) is 19.0. The minimum absolute atomic E-state index is 0.338. The smallest absolute Gasteiger partial charge is 0.416 e. The molecule has 166 valence electrons. The standard InChI is InChI=1S/C26H27BF3NO/c1-16(2)22-6-5-7-23(17(3)4)25(22)31-15-20-9-8-19(14-24(20)32-27)18-10-12-21(13-11-18)26(28,29)30/h5-17H,27H2,1-4H3/b31-15+. The Morgan fingerprint density at radius 2 is 1.41 bits per heavy atom. The van der Waals surface area contributed by atoms with Gasteiger partial charge in [0.1, 0.15) is 5.75 Å². The van der Waals surface area contributed by atoms with E-state index in [0.717, 1.165) is 28.9 Å². The van der Waals surface area contributed by atoms with Crippen molar-refractivity contribution in [1.29, 1.82) is 0 Å². The van der Waals surface area contributed by atoms with Crippen LogP contribution in [0.2, 0.25) is 0 Å². The van der Waals surface area contributed by atoms with Crippen LogP contribution in [-0.2, 0) is 6.18 Å². The predicted molar refractivity (Wildman–Crippen MR) is 128 cm³/mol. The molecule has 0 aromatic heterocycles. The van der Waals surface area contributed by atoms with Crippen molar-refractivity contribution in [2.45, 2.75) is 45.7 Å². The summed E-state index contributed by atoms with van der Waals surface area (Å²) < 4.78 is 44.1. The zero-order valence-corrected chi connectivity index (χ0v) is 19.0. The van der Waals surface area contributed by atoms with Gasteiger partial charge in [-0.05, 0) is 58.4 Å². The molecule has 0 saturated heterocycles. The quantitative estimate of drug-likeness (QED) is 0.293. The average molecular weight is 437 g/mol. The van der Waals surface area contributed by atoms with Crippen molar-refractivity contribution in [1.82, 2.24) is 0 Å². The normalized spacial score (nSPS) is 12.2. The molecule has 0 spiro atoms. The van der Waals surface area contributed by atoms with E-state index in [-0.39, 0.29) is 0 Å². The van der Waals surface area contributed by atoms with E-state index in [1.165, 1.54) is 23.3 Å². The van der Waals surface area contributed by atoms with Crippen LogP contribution in [0.3, 0.4) is 0 Å². The molecule has 0 heterocycles. The lowest BCUT2D eigenvalue weighted by Gasteiger charge is -2.16. The van der Waals surface area contributed by atoms with Gasteiger partial charge in [-0.15, -0.1) is 0 Å². The van der Waals surface area contributed by atoms with E-state index in [9.17, 15) is 13.2 Å². The first-order valence-corrected chi connectivity index (χ1v) is 10.6. The van der Waals surface area contributed by atoms with Gasteiger partial charge in [0.05, 0.1) is 11.3 Å². The summed E-state index contributed by atoms with van der Waals surface area (Å²) in [6, 6.07) is 17.0. The van der Waals surface area contributed by atoms with Crippen molar-refractivity contribution in [2.24, 2.45) is 4.99 Å². The van der Waals surface area contributed by atoms with Crippen LogP contribution in [0.4, 0.5) is 18.9 Å². The Bertz CT molecular complexity index is 1080. The molecule has 0 unspecified atom stereocenters. The molecule has 32 heavy (non-hydrogen) atoms. The molecule has 6 heteroatoms. The third-order valence-electron chi connectivity index (χ3n) is 5.45. The van der Waals surface area contributed by atoms with Crippen molar-refractivity contribution in [3.63, 3.8) is 0 Å². The maximum atomic E-state index is 12.8. The summed E-state index contributed by atoms with van der Waals surface area (Å²) >= 11 is 0. The molecule has 0 N–H and O–H groups in total. The fraction of sp³-hybridized carbons (Fsp3) is 0.269. The Kier molecular flexibility index (Phi) is 7.12. The molecule has 0 radical (unpaired) electrons. The minimum atomic E-state index is -4.35. The molecule has 3 rings (SSSR count). The molecule has 3 aromatic rings. The van der Waals surface area contributed by atoms with E-state index >= 15 is 0 Å². The highest BCUT2D eigenvalue weighted by atomic mass is 19.4. The van der Waals surface area contributed by atoms with Crippen LogP contribution in [-0.4, -0.2) is 14.3 Å². The lowest BCUT2D eigenvalue weighted by Crippen LogP contribution is -2.04. The number of hydrogen-bond acceptors (Lipinski definition) is 2. The minimum Gasteiger partial charge on any atom is -0.567 e. The SMILES string of the molecule is BOc1cc(-c2ccc(C(F)(F)F)cc2)ccc1/C=N/c1c(C(C)C)cccc1C(C)C. The van der Waals surface area contributed by atoms with E-state index in [2.05, 4.69) is 45.9 Å². The van der Waals surface area contributed by atoms with Gasteiger partial charge in [-0.3, -0.25) is 4.99 Å². The van der Waals surface area contributed by atoms with Crippen molar-refractivity contribution >= 4 is 20.0 Å². The van der Waals surface area contributed by atoms with Crippen LogP contribution in [0.15, 0.2) is 65.7 Å². The van der Waals surface area contributed by atoms with Gasteiger partial charge in [0, 0.05) is 11.8 Å². The van der Waals surface area contributed by atoms with Gasteiger partial charge in [-0.25, -0.2) is 0 Å². The molecule has 0 atom stereocenters. The highest BCUT2D eigenvalue weighted by molar-refractivity contribution is 6.01. The molecular formula is C26H27BF3NO. The van der Waals surface area contributed by atoms with Gasteiger partial charge in [0.25, 0.3) is 0 Å². The lowest BCUT2D eigenvalue weighted by atomic mass is 9.93. The first-order chi connectivity index (χ1) is 15.1. The van der Waals surface area contributed by atoms with Gasteiger partial charge < -0.3 is 4.65 Å². The van der Waals surface area contributed by atoms with E-state index in [4.69, 9.17) is 9.65 Å². The molecule has 0 aliphatic heterocycles. The summed E-state index contributed by atoms with van der Waals surface area (Å²) in [7, 11) is 1.57. The molecule has 0 saturated carbocycles. The number of benzene rings is 3. The lowest BCUT2D eigenvalue weighted by molar-refractivity contribution is -0.137. The van der Waals surface area contributed by atoms with Crippen LogP contribution in [0.5, 0.6) is 5.75 Å². The van der Waals surface area contributed by atoms with Gasteiger partial charge >= 0.3 is 14.2 Å². The van der Waals surface area contributed by atoms with Gasteiger partial charge in [-0.1, -0.05) is 64.1 Å². The van der Waals surface area contributed by atoms with Gasteiger partial charge in [-0.2, -0.15) is 13.2 Å². The van der Waals surface area contributed by atoms with E-state index in [0.29, 0.717) is 23.1 Å². The number of hydrogen-bond donors (Lipinski definition) is 0. The number of halogens is 3. The zero-order chi connectivity index (χ0) is 23.5. The monoisotopic (exact) mass is 437 g/mol. The maximum Gasteiger partial charge on any atom is 0.416 e. The number of nitrogens with zero attached hydrogens (tertiary/aromatic N) is 1. The first-order valence-electron chi connectivity index (χ1n) is 10.6. The molecule has 2 nitrogen and oxygen atoms in total. The summed E-state index contributed by atoms with van der Waals surface area (Å²) in [6.45, 7) is 8.60. The van der Waals surface area contributed by atoms with Crippen LogP contribution < -0.4 is 4.65 Å². The van der Waals surface area contributed by atoms with E-state index in [1.807, 2.05) is 18.2 Å². The molecule has 0 amide bonds. The van der Waals surface area contributed by atoms with Crippen LogP contribution in [0, 0.1) is 0 Å². The van der Waals surface area contributed by atoms with Crippen molar-refractivity contribution in [3.8, 4) is 16.9 Å².